The van der Waals surface area contributed by atoms with Crippen molar-refractivity contribution >= 4 is 16.5 Å². The summed E-state index contributed by atoms with van der Waals surface area (Å²) in [6.07, 6.45) is 2.29. The third-order valence-electron chi connectivity index (χ3n) is 2.48. The van der Waals surface area contributed by atoms with Crippen molar-refractivity contribution in [3.8, 4) is 0 Å². The molecule has 2 rings (SSSR count). The summed E-state index contributed by atoms with van der Waals surface area (Å²) in [5, 5.41) is 15.5. The van der Waals surface area contributed by atoms with Crippen LogP contribution in [0.25, 0.3) is 0 Å². The predicted octanol–water partition coefficient (Wildman–Crippen LogP) is 1.09. The molecule has 0 atom stereocenters. The molecule has 4 nitrogen and oxygen atoms in total. The quantitative estimate of drug-likeness (QED) is 0.747. The molecule has 1 aromatic rings. The van der Waals surface area contributed by atoms with Crippen LogP contribution in [0.1, 0.15) is 19.8 Å². The Balaban J connectivity index is 1.99. The number of nitrogens with zero attached hydrogens (tertiary/aromatic N) is 2. The summed E-state index contributed by atoms with van der Waals surface area (Å²) in [5.74, 6) is 0. The van der Waals surface area contributed by atoms with Gasteiger partial charge in [0.2, 0.25) is 5.13 Å². The Hall–Kier alpha value is -0.680. The third-order valence-corrected chi connectivity index (χ3v) is 3.08. The van der Waals surface area contributed by atoms with Crippen LogP contribution in [0.3, 0.4) is 0 Å². The highest BCUT2D eigenvalue weighted by atomic mass is 32.1. The molecule has 0 unspecified atom stereocenters. The molecule has 1 aliphatic rings. The van der Waals surface area contributed by atoms with E-state index in [1.165, 1.54) is 0 Å². The van der Waals surface area contributed by atoms with E-state index in [2.05, 4.69) is 27.8 Å². The van der Waals surface area contributed by atoms with E-state index in [4.69, 9.17) is 0 Å². The molecule has 0 aromatic carbocycles. The van der Waals surface area contributed by atoms with Gasteiger partial charge < -0.3 is 10.6 Å². The van der Waals surface area contributed by atoms with E-state index in [0.29, 0.717) is 0 Å². The summed E-state index contributed by atoms with van der Waals surface area (Å²) in [6, 6.07) is 0. The standard InChI is InChI=1S/C8H14N4S/c1-8(2-4-9-5-3-8)11-7-12-10-6-13-7/h6,9H,2-5H2,1H3,(H,11,12). The zero-order valence-electron chi connectivity index (χ0n) is 7.71. The number of hydrogen-bond acceptors (Lipinski definition) is 5. The van der Waals surface area contributed by atoms with Crippen LogP contribution in [0, 0.1) is 0 Å². The second-order valence-electron chi connectivity index (χ2n) is 3.68. The van der Waals surface area contributed by atoms with Crippen LogP contribution >= 0.6 is 11.3 Å². The SMILES string of the molecule is CC1(Nc2nncs2)CCNCC1. The smallest absolute Gasteiger partial charge is 0.205 e. The van der Waals surface area contributed by atoms with Gasteiger partial charge in [-0.05, 0) is 32.9 Å². The Bertz CT molecular complexity index is 253. The Morgan fingerprint density at radius 2 is 2.31 bits per heavy atom. The highest BCUT2D eigenvalue weighted by molar-refractivity contribution is 7.13. The molecule has 13 heavy (non-hydrogen) atoms. The monoisotopic (exact) mass is 198 g/mol. The number of rotatable bonds is 2. The number of nitrogens with one attached hydrogen (secondary N) is 2. The Morgan fingerprint density at radius 1 is 1.54 bits per heavy atom. The van der Waals surface area contributed by atoms with E-state index in [-0.39, 0.29) is 5.54 Å². The van der Waals surface area contributed by atoms with E-state index in [1.807, 2.05) is 0 Å². The van der Waals surface area contributed by atoms with Crippen molar-refractivity contribution in [3.05, 3.63) is 5.51 Å². The first kappa shape index (κ1) is 8.90. The van der Waals surface area contributed by atoms with Crippen molar-refractivity contribution < 1.29 is 0 Å². The van der Waals surface area contributed by atoms with Gasteiger partial charge in [-0.3, -0.25) is 0 Å². The molecule has 0 saturated carbocycles. The van der Waals surface area contributed by atoms with Gasteiger partial charge in [0.25, 0.3) is 0 Å². The highest BCUT2D eigenvalue weighted by Gasteiger charge is 2.26. The number of hydrogen-bond donors (Lipinski definition) is 2. The number of anilines is 1. The van der Waals surface area contributed by atoms with Crippen molar-refractivity contribution in [2.75, 3.05) is 18.4 Å². The van der Waals surface area contributed by atoms with Gasteiger partial charge in [0.15, 0.2) is 0 Å². The largest absolute Gasteiger partial charge is 0.355 e. The average Bonchev–Trinajstić information content (AvgIpc) is 2.57. The molecule has 1 aliphatic heterocycles. The molecular weight excluding hydrogens is 184 g/mol. The summed E-state index contributed by atoms with van der Waals surface area (Å²) < 4.78 is 0. The molecule has 72 valence electrons. The molecule has 5 heteroatoms. The van der Waals surface area contributed by atoms with E-state index in [9.17, 15) is 0 Å². The summed E-state index contributed by atoms with van der Waals surface area (Å²) in [6.45, 7) is 4.42. The van der Waals surface area contributed by atoms with Gasteiger partial charge in [-0.15, -0.1) is 10.2 Å². The first-order valence-corrected chi connectivity index (χ1v) is 5.42. The van der Waals surface area contributed by atoms with Gasteiger partial charge in [0.05, 0.1) is 0 Å². The van der Waals surface area contributed by atoms with Gasteiger partial charge in [0.1, 0.15) is 5.51 Å². The van der Waals surface area contributed by atoms with E-state index in [0.717, 1.165) is 31.1 Å². The zero-order chi connectivity index (χ0) is 9.15. The lowest BCUT2D eigenvalue weighted by molar-refractivity contribution is 0.365. The summed E-state index contributed by atoms with van der Waals surface area (Å²) in [5.41, 5.74) is 1.96. The van der Waals surface area contributed by atoms with Crippen molar-refractivity contribution in [3.63, 3.8) is 0 Å². The molecule has 0 amide bonds. The van der Waals surface area contributed by atoms with E-state index in [1.54, 1.807) is 16.8 Å². The van der Waals surface area contributed by atoms with Gasteiger partial charge in [0, 0.05) is 5.54 Å². The zero-order valence-corrected chi connectivity index (χ0v) is 8.52. The maximum absolute atomic E-state index is 3.99. The first-order chi connectivity index (χ1) is 6.29. The topological polar surface area (TPSA) is 49.8 Å². The molecule has 0 bridgehead atoms. The minimum Gasteiger partial charge on any atom is -0.355 e. The van der Waals surface area contributed by atoms with Gasteiger partial charge in [-0.1, -0.05) is 11.3 Å². The normalized spacial score (nSPS) is 21.3. The van der Waals surface area contributed by atoms with Crippen LogP contribution in [0.4, 0.5) is 5.13 Å². The maximum Gasteiger partial charge on any atom is 0.205 e. The fourth-order valence-corrected chi connectivity index (χ4v) is 2.18. The van der Waals surface area contributed by atoms with Crippen LogP contribution in [0.5, 0.6) is 0 Å². The van der Waals surface area contributed by atoms with Crippen LogP contribution in [0.2, 0.25) is 0 Å². The summed E-state index contributed by atoms with van der Waals surface area (Å²) in [4.78, 5) is 0. The predicted molar refractivity (Wildman–Crippen MR) is 54.0 cm³/mol. The van der Waals surface area contributed by atoms with Gasteiger partial charge in [-0.2, -0.15) is 0 Å². The fourth-order valence-electron chi connectivity index (χ4n) is 1.59. The Kier molecular flexibility index (Phi) is 2.46. The van der Waals surface area contributed by atoms with E-state index < -0.39 is 0 Å². The summed E-state index contributed by atoms with van der Waals surface area (Å²) >= 11 is 1.56. The van der Waals surface area contributed by atoms with Crippen molar-refractivity contribution in [1.29, 1.82) is 0 Å². The molecule has 1 saturated heterocycles. The maximum atomic E-state index is 3.99. The molecule has 1 fully saturated rings. The van der Waals surface area contributed by atoms with Crippen molar-refractivity contribution in [2.45, 2.75) is 25.3 Å². The molecular formula is C8H14N4S. The molecule has 1 aromatic heterocycles. The van der Waals surface area contributed by atoms with Crippen LogP contribution in [-0.2, 0) is 0 Å². The first-order valence-electron chi connectivity index (χ1n) is 4.54. The van der Waals surface area contributed by atoms with Crippen molar-refractivity contribution in [2.24, 2.45) is 0 Å². The fraction of sp³-hybridized carbons (Fsp3) is 0.750. The lowest BCUT2D eigenvalue weighted by Crippen LogP contribution is -2.45. The van der Waals surface area contributed by atoms with Crippen LogP contribution in [0.15, 0.2) is 5.51 Å². The molecule has 0 aliphatic carbocycles. The Labute approximate surface area is 81.8 Å². The lowest BCUT2D eigenvalue weighted by atomic mass is 9.91. The Morgan fingerprint density at radius 3 is 2.92 bits per heavy atom. The number of piperidine rings is 1. The minimum absolute atomic E-state index is 0.199. The second-order valence-corrected chi connectivity index (χ2v) is 4.51. The molecule has 2 N–H and O–H groups in total. The minimum atomic E-state index is 0.199. The third kappa shape index (κ3) is 2.16. The van der Waals surface area contributed by atoms with Crippen LogP contribution in [-0.4, -0.2) is 28.8 Å². The van der Waals surface area contributed by atoms with Crippen molar-refractivity contribution in [1.82, 2.24) is 15.5 Å². The molecule has 0 spiro atoms. The number of aromatic nitrogens is 2. The van der Waals surface area contributed by atoms with Crippen LogP contribution < -0.4 is 10.6 Å². The molecule has 2 heterocycles. The van der Waals surface area contributed by atoms with E-state index >= 15 is 0 Å². The second kappa shape index (κ2) is 3.59. The summed E-state index contributed by atoms with van der Waals surface area (Å²) in [7, 11) is 0. The highest BCUT2D eigenvalue weighted by Crippen LogP contribution is 2.23. The van der Waals surface area contributed by atoms with Gasteiger partial charge >= 0.3 is 0 Å². The average molecular weight is 198 g/mol. The lowest BCUT2D eigenvalue weighted by Gasteiger charge is -2.34. The van der Waals surface area contributed by atoms with Gasteiger partial charge in [-0.25, -0.2) is 0 Å². The molecule has 0 radical (unpaired) electrons.